The van der Waals surface area contributed by atoms with Crippen LogP contribution in [0.15, 0.2) is 60.8 Å². The number of carbonyl (C=O) groups is 1. The third kappa shape index (κ3) is 3.64. The van der Waals surface area contributed by atoms with E-state index in [-0.39, 0.29) is 23.8 Å². The number of anilines is 2. The Morgan fingerprint density at radius 3 is 3.00 bits per heavy atom. The van der Waals surface area contributed by atoms with Crippen molar-refractivity contribution in [2.75, 3.05) is 19.0 Å². The van der Waals surface area contributed by atoms with E-state index in [1.807, 2.05) is 43.3 Å². The molecule has 0 spiro atoms. The van der Waals surface area contributed by atoms with Crippen LogP contribution in [0.4, 0.5) is 15.8 Å². The lowest BCUT2D eigenvalue weighted by Gasteiger charge is -2.25. The van der Waals surface area contributed by atoms with Crippen molar-refractivity contribution in [1.82, 2.24) is 20.1 Å². The average molecular weight is 486 g/mol. The van der Waals surface area contributed by atoms with Crippen LogP contribution < -0.4 is 20.1 Å². The van der Waals surface area contributed by atoms with Crippen LogP contribution in [0, 0.1) is 5.82 Å². The number of para-hydroxylation sites is 1. The molecule has 0 unspecified atom stereocenters. The molecule has 2 atom stereocenters. The van der Waals surface area contributed by atoms with Gasteiger partial charge in [0.15, 0.2) is 17.3 Å². The molecule has 0 fully saturated rings. The number of halogens is 1. The van der Waals surface area contributed by atoms with E-state index in [2.05, 4.69) is 15.6 Å². The molecule has 36 heavy (non-hydrogen) atoms. The first kappa shape index (κ1) is 22.1. The van der Waals surface area contributed by atoms with Crippen LogP contribution in [0.1, 0.15) is 29.9 Å². The van der Waals surface area contributed by atoms with E-state index in [1.165, 1.54) is 13.2 Å². The first-order chi connectivity index (χ1) is 17.5. The van der Waals surface area contributed by atoms with Gasteiger partial charge in [0.05, 0.1) is 30.0 Å². The van der Waals surface area contributed by atoms with E-state index in [1.54, 1.807) is 23.0 Å². The Kier molecular flexibility index (Phi) is 5.32. The van der Waals surface area contributed by atoms with Crippen molar-refractivity contribution in [2.24, 2.45) is 0 Å². The first-order valence-electron chi connectivity index (χ1n) is 11.8. The van der Waals surface area contributed by atoms with Crippen molar-refractivity contribution in [3.05, 3.63) is 72.3 Å². The number of fused-ring (bicyclic) bond motifs is 3. The Labute approximate surface area is 206 Å². The highest BCUT2D eigenvalue weighted by molar-refractivity contribution is 6.06. The number of benzene rings is 2. The van der Waals surface area contributed by atoms with Gasteiger partial charge in [-0.1, -0.05) is 12.1 Å². The zero-order valence-electron chi connectivity index (χ0n) is 19.8. The second-order valence-electron chi connectivity index (χ2n) is 8.85. The Bertz CT molecular complexity index is 1530. The number of pyridine rings is 1. The molecule has 4 heterocycles. The van der Waals surface area contributed by atoms with Crippen molar-refractivity contribution in [3.8, 4) is 22.8 Å². The number of ether oxygens (including phenoxy) is 2. The van der Waals surface area contributed by atoms with Crippen LogP contribution in [0.2, 0.25) is 0 Å². The molecular formula is C27H24FN5O3. The summed E-state index contributed by atoms with van der Waals surface area (Å²) in [5.74, 6) is -0.00655. The summed E-state index contributed by atoms with van der Waals surface area (Å²) in [6.07, 6.45) is 6.28. The molecule has 182 valence electrons. The molecule has 2 N–H and O–H groups in total. The lowest BCUT2D eigenvalue weighted by Crippen LogP contribution is -2.39. The summed E-state index contributed by atoms with van der Waals surface area (Å²) in [6, 6.07) is 12.1. The molecule has 4 bridgehead atoms. The van der Waals surface area contributed by atoms with Crippen LogP contribution in [0.5, 0.6) is 11.5 Å². The SMILES string of the molecule is COc1c(F)cccc1Nc1c2nn3c1C(=O)NC[C@@H]3C/C=C\[C@H](C)Oc1ccc3nccc-2c3c1. The van der Waals surface area contributed by atoms with Crippen LogP contribution >= 0.6 is 0 Å². The minimum absolute atomic E-state index is 0.0535. The zero-order chi connectivity index (χ0) is 24.8. The molecule has 0 saturated heterocycles. The number of hydrogen-bond donors (Lipinski definition) is 2. The van der Waals surface area contributed by atoms with Crippen molar-refractivity contribution in [2.45, 2.75) is 25.5 Å². The topological polar surface area (TPSA) is 90.3 Å². The zero-order valence-corrected chi connectivity index (χ0v) is 19.8. The number of aromatic nitrogens is 3. The summed E-state index contributed by atoms with van der Waals surface area (Å²) in [7, 11) is 1.41. The minimum Gasteiger partial charge on any atom is -0.492 e. The summed E-state index contributed by atoms with van der Waals surface area (Å²) in [5.41, 5.74) is 3.33. The van der Waals surface area contributed by atoms with E-state index in [9.17, 15) is 9.18 Å². The van der Waals surface area contributed by atoms with Crippen LogP contribution in [-0.2, 0) is 0 Å². The molecule has 6 rings (SSSR count). The molecule has 9 heteroatoms. The fraction of sp³-hybridized carbons (Fsp3) is 0.222. The molecule has 2 aliphatic heterocycles. The van der Waals surface area contributed by atoms with E-state index in [0.29, 0.717) is 41.5 Å². The van der Waals surface area contributed by atoms with Gasteiger partial charge in [-0.2, -0.15) is 5.10 Å². The van der Waals surface area contributed by atoms with Gasteiger partial charge in [-0.05, 0) is 55.8 Å². The van der Waals surface area contributed by atoms with Gasteiger partial charge in [-0.15, -0.1) is 0 Å². The quantitative estimate of drug-likeness (QED) is 0.397. The normalized spacial score (nSPS) is 19.5. The molecule has 2 aromatic carbocycles. The van der Waals surface area contributed by atoms with Crippen molar-refractivity contribution < 1.29 is 18.7 Å². The van der Waals surface area contributed by atoms with Gasteiger partial charge >= 0.3 is 0 Å². The van der Waals surface area contributed by atoms with E-state index >= 15 is 0 Å². The van der Waals surface area contributed by atoms with Crippen molar-refractivity contribution in [3.63, 3.8) is 0 Å². The number of nitrogens with one attached hydrogen (secondary N) is 2. The Hall–Kier alpha value is -4.40. The highest BCUT2D eigenvalue weighted by atomic mass is 19.1. The van der Waals surface area contributed by atoms with Gasteiger partial charge in [0.1, 0.15) is 17.5 Å². The molecule has 4 aromatic rings. The molecule has 2 aliphatic rings. The number of carbonyl (C=O) groups excluding carboxylic acids is 1. The lowest BCUT2D eigenvalue weighted by atomic mass is 10.0. The standard InChI is InChI=1S/C27H24FN5O3/c1-15-5-3-6-16-14-30-27(34)25-24(31-22-8-4-7-20(28)26(22)35-2)23(32-33(16)25)18-11-12-29-21-10-9-17(36-15)13-19(18)21/h3-5,7-13,15-16,31H,6,14H2,1-2H3,(H,30,34)/b5-3-/t15-,16-/m0/s1. The first-order valence-corrected chi connectivity index (χ1v) is 11.8. The predicted octanol–water partition coefficient (Wildman–Crippen LogP) is 5.00. The van der Waals surface area contributed by atoms with E-state index in [0.717, 1.165) is 16.5 Å². The van der Waals surface area contributed by atoms with E-state index in [4.69, 9.17) is 14.6 Å². The van der Waals surface area contributed by atoms with E-state index < -0.39 is 5.82 Å². The average Bonchev–Trinajstić information content (AvgIpc) is 3.25. The number of methoxy groups -OCH3 is 1. The van der Waals surface area contributed by atoms with Gasteiger partial charge in [0, 0.05) is 23.7 Å². The summed E-state index contributed by atoms with van der Waals surface area (Å²) in [4.78, 5) is 17.7. The maximum atomic E-state index is 14.5. The monoisotopic (exact) mass is 485 g/mol. The molecule has 1 amide bonds. The van der Waals surface area contributed by atoms with Gasteiger partial charge < -0.3 is 20.1 Å². The fourth-order valence-electron chi connectivity index (χ4n) is 4.82. The van der Waals surface area contributed by atoms with Gasteiger partial charge in [-0.25, -0.2) is 4.39 Å². The molecule has 2 aromatic heterocycles. The Morgan fingerprint density at radius 1 is 1.25 bits per heavy atom. The van der Waals surface area contributed by atoms with Gasteiger partial charge in [0.25, 0.3) is 5.91 Å². The summed E-state index contributed by atoms with van der Waals surface area (Å²) < 4.78 is 27.7. The number of nitrogens with zero attached hydrogens (tertiary/aromatic N) is 3. The van der Waals surface area contributed by atoms with Crippen LogP contribution in [0.25, 0.3) is 22.2 Å². The summed E-state index contributed by atoms with van der Waals surface area (Å²) in [5, 5.41) is 12.0. The molecule has 0 saturated carbocycles. The summed E-state index contributed by atoms with van der Waals surface area (Å²) >= 11 is 0. The van der Waals surface area contributed by atoms with Crippen LogP contribution in [-0.4, -0.2) is 40.4 Å². The largest absolute Gasteiger partial charge is 0.492 e. The maximum Gasteiger partial charge on any atom is 0.271 e. The molecule has 0 radical (unpaired) electrons. The highest BCUT2D eigenvalue weighted by Gasteiger charge is 2.33. The lowest BCUT2D eigenvalue weighted by molar-refractivity contribution is 0.0910. The van der Waals surface area contributed by atoms with Crippen molar-refractivity contribution >= 4 is 28.2 Å². The molecule has 8 nitrogen and oxygen atoms in total. The number of rotatable bonds is 3. The summed E-state index contributed by atoms with van der Waals surface area (Å²) in [6.45, 7) is 2.42. The van der Waals surface area contributed by atoms with Crippen molar-refractivity contribution in [1.29, 1.82) is 0 Å². The smallest absolute Gasteiger partial charge is 0.271 e. The van der Waals surface area contributed by atoms with Gasteiger partial charge in [-0.3, -0.25) is 14.5 Å². The third-order valence-corrected chi connectivity index (χ3v) is 6.51. The third-order valence-electron chi connectivity index (χ3n) is 6.51. The second-order valence-corrected chi connectivity index (χ2v) is 8.85. The predicted molar refractivity (Wildman–Crippen MR) is 134 cm³/mol. The fourth-order valence-corrected chi connectivity index (χ4v) is 4.82. The molecular weight excluding hydrogens is 461 g/mol. The number of hydrogen-bond acceptors (Lipinski definition) is 6. The van der Waals surface area contributed by atoms with Gasteiger partial charge in [0.2, 0.25) is 0 Å². The molecule has 0 aliphatic carbocycles. The highest BCUT2D eigenvalue weighted by Crippen LogP contribution is 2.41. The Morgan fingerprint density at radius 2 is 2.14 bits per heavy atom. The Balaban J connectivity index is 1.64. The maximum absolute atomic E-state index is 14.5. The minimum atomic E-state index is -0.509. The number of amides is 1. The second kappa shape index (κ2) is 8.67. The number of allylic oxidation sites excluding steroid dienone is 1. The van der Waals surface area contributed by atoms with Crippen LogP contribution in [0.3, 0.4) is 0 Å².